The van der Waals surface area contributed by atoms with Crippen LogP contribution < -0.4 is 5.32 Å². The number of benzene rings is 2. The summed E-state index contributed by atoms with van der Waals surface area (Å²) in [6, 6.07) is 12.9. The minimum absolute atomic E-state index is 0.0283. The van der Waals surface area contributed by atoms with Crippen LogP contribution in [0.2, 0.25) is 10.0 Å². The number of thioether (sulfide) groups is 1. The third kappa shape index (κ3) is 4.98. The van der Waals surface area contributed by atoms with Crippen molar-refractivity contribution in [2.75, 3.05) is 11.1 Å². The van der Waals surface area contributed by atoms with E-state index in [-0.39, 0.29) is 23.6 Å². The van der Waals surface area contributed by atoms with Crippen molar-refractivity contribution in [1.29, 1.82) is 0 Å². The number of nitrogens with zero attached hydrogens (tertiary/aromatic N) is 2. The summed E-state index contributed by atoms with van der Waals surface area (Å²) in [5, 5.41) is 11.2. The zero-order valence-electron chi connectivity index (χ0n) is 13.1. The lowest BCUT2D eigenvalue weighted by Gasteiger charge is -2.02. The van der Waals surface area contributed by atoms with Crippen molar-refractivity contribution in [3.8, 4) is 11.5 Å². The smallest absolute Gasteiger partial charge is 0.322 e. The van der Waals surface area contributed by atoms with Crippen LogP contribution in [0.25, 0.3) is 11.5 Å². The SMILES string of the molecule is Cc1ccc(SCC(=O)Nc2nnc(-c3cc(Cl)cc(Cl)c3)o2)cc1. The van der Waals surface area contributed by atoms with Gasteiger partial charge in [0, 0.05) is 20.5 Å². The molecule has 0 fully saturated rings. The standard InChI is InChI=1S/C17H13Cl2N3O2S/c1-10-2-4-14(5-3-10)25-9-15(23)20-17-22-21-16(24-17)11-6-12(18)8-13(19)7-11/h2-8H,9H2,1H3,(H,20,22,23). The highest BCUT2D eigenvalue weighted by atomic mass is 35.5. The van der Waals surface area contributed by atoms with Gasteiger partial charge in [-0.05, 0) is 37.3 Å². The van der Waals surface area contributed by atoms with Gasteiger partial charge in [0.2, 0.25) is 11.8 Å². The van der Waals surface area contributed by atoms with Crippen LogP contribution in [0.15, 0.2) is 51.8 Å². The number of anilines is 1. The van der Waals surface area contributed by atoms with Crippen molar-refractivity contribution in [3.63, 3.8) is 0 Å². The van der Waals surface area contributed by atoms with Gasteiger partial charge < -0.3 is 4.42 Å². The predicted molar refractivity (Wildman–Crippen MR) is 100 cm³/mol. The molecule has 3 rings (SSSR count). The second-order valence-corrected chi connectivity index (χ2v) is 7.14. The molecule has 1 heterocycles. The molecule has 2 aromatic carbocycles. The lowest BCUT2D eigenvalue weighted by atomic mass is 10.2. The fraction of sp³-hybridized carbons (Fsp3) is 0.118. The van der Waals surface area contributed by atoms with Gasteiger partial charge in [-0.25, -0.2) is 0 Å². The second kappa shape index (κ2) is 7.91. The van der Waals surface area contributed by atoms with Crippen molar-refractivity contribution in [3.05, 3.63) is 58.1 Å². The highest BCUT2D eigenvalue weighted by Gasteiger charge is 2.12. The summed E-state index contributed by atoms with van der Waals surface area (Å²) in [5.74, 6) is 0.236. The van der Waals surface area contributed by atoms with Gasteiger partial charge in [-0.15, -0.1) is 16.9 Å². The third-order valence-corrected chi connectivity index (χ3v) is 4.62. The fourth-order valence-corrected chi connectivity index (χ4v) is 3.23. The van der Waals surface area contributed by atoms with Crippen LogP contribution in [0.4, 0.5) is 6.01 Å². The first kappa shape index (κ1) is 17.8. The highest BCUT2D eigenvalue weighted by molar-refractivity contribution is 8.00. The van der Waals surface area contributed by atoms with E-state index < -0.39 is 0 Å². The number of aromatic nitrogens is 2. The minimum atomic E-state index is -0.232. The van der Waals surface area contributed by atoms with Crippen LogP contribution in [-0.2, 0) is 4.79 Å². The summed E-state index contributed by atoms with van der Waals surface area (Å²) in [7, 11) is 0. The van der Waals surface area contributed by atoms with Crippen molar-refractivity contribution >= 4 is 46.9 Å². The molecule has 1 aromatic heterocycles. The Morgan fingerprint density at radius 3 is 2.48 bits per heavy atom. The first-order valence-electron chi connectivity index (χ1n) is 7.29. The molecule has 1 amide bonds. The normalized spacial score (nSPS) is 10.7. The molecule has 0 unspecified atom stereocenters. The summed E-state index contributed by atoms with van der Waals surface area (Å²) in [4.78, 5) is 13.0. The van der Waals surface area contributed by atoms with Crippen LogP contribution in [0, 0.1) is 6.92 Å². The Kier molecular flexibility index (Phi) is 5.63. The van der Waals surface area contributed by atoms with E-state index in [2.05, 4.69) is 15.5 Å². The maximum atomic E-state index is 12.0. The van der Waals surface area contributed by atoms with Gasteiger partial charge in [0.05, 0.1) is 5.75 Å². The van der Waals surface area contributed by atoms with Gasteiger partial charge in [0.15, 0.2) is 0 Å². The number of nitrogens with one attached hydrogen (secondary N) is 1. The molecule has 1 N–H and O–H groups in total. The van der Waals surface area contributed by atoms with Crippen molar-refractivity contribution in [2.45, 2.75) is 11.8 Å². The van der Waals surface area contributed by atoms with Gasteiger partial charge >= 0.3 is 6.01 Å². The lowest BCUT2D eigenvalue weighted by molar-refractivity contribution is -0.113. The summed E-state index contributed by atoms with van der Waals surface area (Å²) in [6.45, 7) is 2.02. The van der Waals surface area contributed by atoms with Crippen LogP contribution in [0.3, 0.4) is 0 Å². The van der Waals surface area contributed by atoms with E-state index in [0.717, 1.165) is 4.90 Å². The quantitative estimate of drug-likeness (QED) is 0.611. The Balaban J connectivity index is 1.60. The molecule has 0 saturated heterocycles. The molecule has 0 aliphatic heterocycles. The van der Waals surface area contributed by atoms with Gasteiger partial charge in [-0.3, -0.25) is 10.1 Å². The molecule has 0 spiro atoms. The molecular formula is C17H13Cl2N3O2S. The number of amides is 1. The minimum Gasteiger partial charge on any atom is -0.403 e. The predicted octanol–water partition coefficient (Wildman–Crippen LogP) is 5.08. The van der Waals surface area contributed by atoms with Crippen LogP contribution in [0.5, 0.6) is 0 Å². The lowest BCUT2D eigenvalue weighted by Crippen LogP contribution is -2.14. The monoisotopic (exact) mass is 393 g/mol. The molecule has 0 aliphatic carbocycles. The molecule has 25 heavy (non-hydrogen) atoms. The average molecular weight is 394 g/mol. The molecule has 3 aromatic rings. The largest absolute Gasteiger partial charge is 0.403 e. The summed E-state index contributed by atoms with van der Waals surface area (Å²) in [5.41, 5.74) is 1.76. The van der Waals surface area contributed by atoms with E-state index in [9.17, 15) is 4.79 Å². The molecule has 0 radical (unpaired) electrons. The Hall–Kier alpha value is -2.02. The number of halogens is 2. The molecular weight excluding hydrogens is 381 g/mol. The average Bonchev–Trinajstić information content (AvgIpc) is 3.02. The van der Waals surface area contributed by atoms with Gasteiger partial charge in [0.25, 0.3) is 0 Å². The zero-order valence-corrected chi connectivity index (χ0v) is 15.5. The number of rotatable bonds is 5. The van der Waals surface area contributed by atoms with Crippen molar-refractivity contribution in [1.82, 2.24) is 10.2 Å². The molecule has 0 saturated carbocycles. The topological polar surface area (TPSA) is 68.0 Å². The van der Waals surface area contributed by atoms with E-state index in [1.165, 1.54) is 17.3 Å². The molecule has 128 valence electrons. The van der Waals surface area contributed by atoms with Crippen molar-refractivity contribution < 1.29 is 9.21 Å². The molecule has 8 heteroatoms. The van der Waals surface area contributed by atoms with E-state index >= 15 is 0 Å². The highest BCUT2D eigenvalue weighted by Crippen LogP contribution is 2.27. The third-order valence-electron chi connectivity index (χ3n) is 3.17. The fourth-order valence-electron chi connectivity index (χ4n) is 2.01. The first-order valence-corrected chi connectivity index (χ1v) is 9.03. The first-order chi connectivity index (χ1) is 12.0. The van der Waals surface area contributed by atoms with Gasteiger partial charge in [-0.1, -0.05) is 46.0 Å². The molecule has 0 bridgehead atoms. The van der Waals surface area contributed by atoms with Crippen LogP contribution >= 0.6 is 35.0 Å². The van der Waals surface area contributed by atoms with Gasteiger partial charge in [-0.2, -0.15) is 0 Å². The molecule has 0 aliphatic rings. The second-order valence-electron chi connectivity index (χ2n) is 5.22. The number of hydrogen-bond acceptors (Lipinski definition) is 5. The Labute approximate surface area is 158 Å². The zero-order chi connectivity index (χ0) is 17.8. The van der Waals surface area contributed by atoms with E-state index in [4.69, 9.17) is 27.6 Å². The van der Waals surface area contributed by atoms with E-state index in [1.807, 2.05) is 31.2 Å². The Bertz CT molecular complexity index is 877. The summed E-state index contributed by atoms with van der Waals surface area (Å²) >= 11 is 13.3. The maximum absolute atomic E-state index is 12.0. The number of carbonyl (C=O) groups is 1. The maximum Gasteiger partial charge on any atom is 0.322 e. The summed E-state index contributed by atoms with van der Waals surface area (Å²) < 4.78 is 5.44. The van der Waals surface area contributed by atoms with E-state index in [1.54, 1.807) is 18.2 Å². The Morgan fingerprint density at radius 1 is 1.12 bits per heavy atom. The Morgan fingerprint density at radius 2 is 1.80 bits per heavy atom. The molecule has 5 nitrogen and oxygen atoms in total. The van der Waals surface area contributed by atoms with E-state index in [0.29, 0.717) is 15.6 Å². The summed E-state index contributed by atoms with van der Waals surface area (Å²) in [6.07, 6.45) is 0. The number of hydrogen-bond donors (Lipinski definition) is 1. The number of aryl methyl sites for hydroxylation is 1. The van der Waals surface area contributed by atoms with Crippen LogP contribution in [0.1, 0.15) is 5.56 Å². The van der Waals surface area contributed by atoms with Crippen LogP contribution in [-0.4, -0.2) is 21.9 Å². The van der Waals surface area contributed by atoms with Crippen molar-refractivity contribution in [2.24, 2.45) is 0 Å². The van der Waals surface area contributed by atoms with Gasteiger partial charge in [0.1, 0.15) is 0 Å². The number of carbonyl (C=O) groups excluding carboxylic acids is 1. The molecule has 0 atom stereocenters.